The molecule has 2 aromatic heterocycles. The van der Waals surface area contributed by atoms with Crippen molar-refractivity contribution in [2.24, 2.45) is 5.92 Å². The van der Waals surface area contributed by atoms with Gasteiger partial charge in [-0.1, -0.05) is 25.7 Å². The van der Waals surface area contributed by atoms with Crippen LogP contribution in [-0.4, -0.2) is 83.0 Å². The number of sulfone groups is 1. The van der Waals surface area contributed by atoms with Crippen LogP contribution in [0.1, 0.15) is 57.0 Å². The van der Waals surface area contributed by atoms with Crippen molar-refractivity contribution < 1.29 is 37.7 Å². The first-order chi connectivity index (χ1) is 16.9. The highest BCUT2D eigenvalue weighted by Gasteiger charge is 2.50. The standard InChI is InChI=1S/C21H32N5O8PS/c1-11-23-19(25-13-4-2-3-5-13)16-20(24-11)26(10-22-16)21-18(28)17(27)14(34-21)9-36(32,33)15(35(29,30)31)8-12-6-7-12/h10,12-15,17-18,21,27-28H,2-9H2,1H3,(H,23,24,25)(H2,29,30,31)/t14-,15?,17-,18-,21-/m1/s1. The number of aliphatic hydroxyl groups excluding tert-OH is 2. The van der Waals surface area contributed by atoms with Crippen LogP contribution in [-0.2, 0) is 19.1 Å². The molecule has 2 aromatic rings. The zero-order valence-electron chi connectivity index (χ0n) is 19.8. The molecule has 1 unspecified atom stereocenters. The van der Waals surface area contributed by atoms with Crippen LogP contribution < -0.4 is 5.32 Å². The van der Waals surface area contributed by atoms with Gasteiger partial charge in [0, 0.05) is 6.04 Å². The number of imidazole rings is 1. The molecule has 2 saturated carbocycles. The summed E-state index contributed by atoms with van der Waals surface area (Å²) in [7, 11) is -9.31. The lowest BCUT2D eigenvalue weighted by Crippen LogP contribution is -2.38. The predicted molar refractivity (Wildman–Crippen MR) is 129 cm³/mol. The van der Waals surface area contributed by atoms with Crippen molar-refractivity contribution in [2.45, 2.75) is 87.4 Å². The van der Waals surface area contributed by atoms with Gasteiger partial charge in [-0.2, -0.15) is 0 Å². The molecule has 5 atom stereocenters. The fraction of sp³-hybridized carbons (Fsp3) is 0.762. The van der Waals surface area contributed by atoms with E-state index in [1.165, 1.54) is 10.9 Å². The van der Waals surface area contributed by atoms with E-state index in [9.17, 15) is 33.0 Å². The lowest BCUT2D eigenvalue weighted by molar-refractivity contribution is -0.0292. The Morgan fingerprint density at radius 1 is 1.17 bits per heavy atom. The number of anilines is 1. The maximum atomic E-state index is 13.0. The van der Waals surface area contributed by atoms with E-state index in [1.54, 1.807) is 6.92 Å². The smallest absolute Gasteiger partial charge is 0.343 e. The lowest BCUT2D eigenvalue weighted by Gasteiger charge is -2.22. The molecule has 0 spiro atoms. The van der Waals surface area contributed by atoms with E-state index in [-0.39, 0.29) is 18.4 Å². The molecule has 0 radical (unpaired) electrons. The van der Waals surface area contributed by atoms with Gasteiger partial charge in [-0.25, -0.2) is 23.4 Å². The minimum Gasteiger partial charge on any atom is -0.387 e. The quantitative estimate of drug-likeness (QED) is 0.279. The highest BCUT2D eigenvalue weighted by atomic mass is 32.2. The summed E-state index contributed by atoms with van der Waals surface area (Å²) in [5, 5.41) is 24.8. The van der Waals surface area contributed by atoms with E-state index in [0.717, 1.165) is 38.5 Å². The molecule has 1 saturated heterocycles. The zero-order valence-corrected chi connectivity index (χ0v) is 21.6. The highest BCUT2D eigenvalue weighted by molar-refractivity contribution is 7.98. The number of ether oxygens (including phenoxy) is 1. The van der Waals surface area contributed by atoms with Crippen LogP contribution >= 0.6 is 7.60 Å². The molecular weight excluding hydrogens is 513 g/mol. The third-order valence-electron chi connectivity index (χ3n) is 7.26. The molecule has 0 bridgehead atoms. The minimum atomic E-state index is -4.95. The fourth-order valence-corrected chi connectivity index (χ4v) is 9.17. The normalized spacial score (nSPS) is 28.7. The van der Waals surface area contributed by atoms with Gasteiger partial charge in [0.15, 0.2) is 38.0 Å². The van der Waals surface area contributed by atoms with Gasteiger partial charge in [0.25, 0.3) is 0 Å². The van der Waals surface area contributed by atoms with Gasteiger partial charge in [0.2, 0.25) is 0 Å². The molecular formula is C21H32N5O8PS. The summed E-state index contributed by atoms with van der Waals surface area (Å²) < 4.78 is 45.2. The first kappa shape index (κ1) is 26.0. The molecule has 1 aliphatic heterocycles. The van der Waals surface area contributed by atoms with Gasteiger partial charge in [0.1, 0.15) is 24.1 Å². The number of aliphatic hydroxyl groups is 2. The van der Waals surface area contributed by atoms with Gasteiger partial charge < -0.3 is 30.1 Å². The second kappa shape index (κ2) is 9.57. The Kier molecular flexibility index (Phi) is 6.90. The van der Waals surface area contributed by atoms with Crippen LogP contribution in [0.5, 0.6) is 0 Å². The molecule has 5 rings (SSSR count). The van der Waals surface area contributed by atoms with Crippen LogP contribution in [0, 0.1) is 12.8 Å². The largest absolute Gasteiger partial charge is 0.387 e. The molecule has 15 heteroatoms. The monoisotopic (exact) mass is 545 g/mol. The number of rotatable bonds is 9. The Hall–Kier alpha value is -1.67. The van der Waals surface area contributed by atoms with Crippen molar-refractivity contribution >= 4 is 34.4 Å². The third-order valence-corrected chi connectivity index (χ3v) is 11.8. The Morgan fingerprint density at radius 3 is 2.50 bits per heavy atom. The molecule has 3 aliphatic rings. The molecule has 200 valence electrons. The van der Waals surface area contributed by atoms with Gasteiger partial charge >= 0.3 is 7.60 Å². The van der Waals surface area contributed by atoms with E-state index in [2.05, 4.69) is 20.3 Å². The van der Waals surface area contributed by atoms with E-state index in [4.69, 9.17) is 4.74 Å². The Morgan fingerprint density at radius 2 is 1.86 bits per heavy atom. The van der Waals surface area contributed by atoms with Gasteiger partial charge in [-0.15, -0.1) is 0 Å². The Bertz CT molecular complexity index is 1270. The number of nitrogens with zero attached hydrogens (tertiary/aromatic N) is 4. The summed E-state index contributed by atoms with van der Waals surface area (Å²) in [6.07, 6.45) is 1.31. The molecule has 5 N–H and O–H groups in total. The highest BCUT2D eigenvalue weighted by Crippen LogP contribution is 2.51. The van der Waals surface area contributed by atoms with Crippen LogP contribution in [0.3, 0.4) is 0 Å². The van der Waals surface area contributed by atoms with Gasteiger partial charge in [-0.3, -0.25) is 9.13 Å². The van der Waals surface area contributed by atoms with Crippen molar-refractivity contribution in [2.75, 3.05) is 11.1 Å². The van der Waals surface area contributed by atoms with Crippen molar-refractivity contribution in [3.63, 3.8) is 0 Å². The zero-order chi connectivity index (χ0) is 25.8. The Balaban J connectivity index is 1.39. The van der Waals surface area contributed by atoms with Crippen LogP contribution in [0.15, 0.2) is 6.33 Å². The maximum absolute atomic E-state index is 13.0. The molecule has 3 fully saturated rings. The number of hydrogen-bond acceptors (Lipinski definition) is 10. The van der Waals surface area contributed by atoms with Crippen molar-refractivity contribution in [1.82, 2.24) is 19.5 Å². The minimum absolute atomic E-state index is 0.0440. The van der Waals surface area contributed by atoms with Gasteiger partial charge in [-0.05, 0) is 32.1 Å². The van der Waals surface area contributed by atoms with Crippen LogP contribution in [0.25, 0.3) is 11.2 Å². The fourth-order valence-electron chi connectivity index (χ4n) is 5.14. The van der Waals surface area contributed by atoms with Gasteiger partial charge in [0.05, 0.1) is 12.1 Å². The molecule has 0 aromatic carbocycles. The van der Waals surface area contributed by atoms with E-state index in [1.807, 2.05) is 0 Å². The average molecular weight is 546 g/mol. The second-order valence-electron chi connectivity index (χ2n) is 10.2. The third kappa shape index (κ3) is 5.17. The summed E-state index contributed by atoms with van der Waals surface area (Å²) in [6, 6.07) is 0.273. The topological polar surface area (TPSA) is 197 Å². The summed E-state index contributed by atoms with van der Waals surface area (Å²) in [5.74, 6) is 0.137. The summed E-state index contributed by atoms with van der Waals surface area (Å²) in [6.45, 7) is 1.72. The predicted octanol–water partition coefficient (Wildman–Crippen LogP) is 0.827. The first-order valence-corrected chi connectivity index (χ1v) is 15.6. The first-order valence-electron chi connectivity index (χ1n) is 12.2. The second-order valence-corrected chi connectivity index (χ2v) is 14.5. The molecule has 0 amide bonds. The SMILES string of the molecule is Cc1nc(NC2CCCC2)c2ncn([C@@H]3O[C@H](CS(=O)(=O)C(CC4CC4)P(=O)(O)O)[C@@H](O)[C@H]3O)c2n1. The number of aryl methyl sites for hydroxylation is 1. The van der Waals surface area contributed by atoms with E-state index >= 15 is 0 Å². The maximum Gasteiger partial charge on any atom is 0.343 e. The molecule has 3 heterocycles. The number of hydrogen-bond donors (Lipinski definition) is 5. The van der Waals surface area contributed by atoms with Crippen molar-refractivity contribution in [3.05, 3.63) is 12.2 Å². The van der Waals surface area contributed by atoms with Crippen LogP contribution in [0.2, 0.25) is 0 Å². The molecule has 13 nitrogen and oxygen atoms in total. The van der Waals surface area contributed by atoms with E-state index in [0.29, 0.717) is 22.8 Å². The number of nitrogens with one attached hydrogen (secondary N) is 1. The van der Waals surface area contributed by atoms with Crippen molar-refractivity contribution in [1.29, 1.82) is 0 Å². The molecule has 36 heavy (non-hydrogen) atoms. The van der Waals surface area contributed by atoms with Crippen molar-refractivity contribution in [3.8, 4) is 0 Å². The number of fused-ring (bicyclic) bond motifs is 1. The average Bonchev–Trinajstić information content (AvgIpc) is 3.16. The lowest BCUT2D eigenvalue weighted by atomic mass is 10.1. The van der Waals surface area contributed by atoms with Crippen LogP contribution in [0.4, 0.5) is 5.82 Å². The summed E-state index contributed by atoms with van der Waals surface area (Å²) in [5.41, 5.74) is 0.810. The summed E-state index contributed by atoms with van der Waals surface area (Å²) >= 11 is 0. The number of aromatic nitrogens is 4. The van der Waals surface area contributed by atoms with E-state index < -0.39 is 52.7 Å². The summed E-state index contributed by atoms with van der Waals surface area (Å²) in [4.78, 5) is 30.8. The molecule has 2 aliphatic carbocycles. The Labute approximate surface area is 208 Å².